The van der Waals surface area contributed by atoms with Crippen LogP contribution >= 0.6 is 15.2 Å². The predicted molar refractivity (Wildman–Crippen MR) is 99.4 cm³/mol. The molecule has 1 saturated heterocycles. The maximum atomic E-state index is 13.4. The maximum absolute atomic E-state index is 13.4. The first kappa shape index (κ1) is 23.3. The van der Waals surface area contributed by atoms with Crippen LogP contribution in [0.25, 0.3) is 0 Å². The van der Waals surface area contributed by atoms with E-state index in [1.54, 1.807) is 27.7 Å². The van der Waals surface area contributed by atoms with Crippen molar-refractivity contribution in [2.45, 2.75) is 39.5 Å². The van der Waals surface area contributed by atoms with Gasteiger partial charge in [-0.2, -0.15) is 0 Å². The number of nitrogens with one attached hydrogen (secondary N) is 1. The summed E-state index contributed by atoms with van der Waals surface area (Å²) in [4.78, 5) is 2.24. The van der Waals surface area contributed by atoms with Crippen LogP contribution in [0.5, 0.6) is 0 Å². The number of nitrogens with zero attached hydrogens (tertiary/aromatic N) is 1. The van der Waals surface area contributed by atoms with Crippen molar-refractivity contribution in [2.75, 3.05) is 59.2 Å². The molecule has 1 heterocycles. The predicted octanol–water partition coefficient (Wildman–Crippen LogP) is 3.14. The second kappa shape index (κ2) is 11.8. The number of hydrogen-bond donors (Lipinski definition) is 1. The minimum absolute atomic E-state index is 0.208. The van der Waals surface area contributed by atoms with Gasteiger partial charge >= 0.3 is 15.2 Å². The largest absolute Gasteiger partial charge is 0.345 e. The standard InChI is InChI=1S/C15H34N2O6P2/c1-5-20-24(18,21-6-2)15(25(19,22-7-3)23-8-4)9-12-17-13-10-16-11-14-17/h15-16H,5-14H2,1-4H3. The summed E-state index contributed by atoms with van der Waals surface area (Å²) in [6, 6.07) is 0. The Kier molecular flexibility index (Phi) is 11.0. The zero-order chi connectivity index (χ0) is 18.8. The Hall–Kier alpha value is 0.220. The van der Waals surface area contributed by atoms with Crippen molar-refractivity contribution >= 4 is 15.2 Å². The van der Waals surface area contributed by atoms with E-state index in [4.69, 9.17) is 18.1 Å². The molecule has 0 aromatic heterocycles. The number of rotatable bonds is 13. The molecule has 1 fully saturated rings. The average molecular weight is 400 g/mol. The fourth-order valence-corrected chi connectivity index (χ4v) is 8.19. The van der Waals surface area contributed by atoms with Crippen LogP contribution in [0.4, 0.5) is 0 Å². The van der Waals surface area contributed by atoms with Gasteiger partial charge in [0.25, 0.3) is 0 Å². The van der Waals surface area contributed by atoms with E-state index >= 15 is 0 Å². The molecule has 25 heavy (non-hydrogen) atoms. The molecule has 0 bridgehead atoms. The Morgan fingerprint density at radius 1 is 0.840 bits per heavy atom. The molecule has 0 radical (unpaired) electrons. The van der Waals surface area contributed by atoms with Gasteiger partial charge in [-0.1, -0.05) is 0 Å². The highest BCUT2D eigenvalue weighted by atomic mass is 31.2. The highest BCUT2D eigenvalue weighted by molar-refractivity contribution is 7.72. The van der Waals surface area contributed by atoms with Crippen LogP contribution in [0.1, 0.15) is 34.1 Å². The quantitative estimate of drug-likeness (QED) is 0.472. The molecular formula is C15H34N2O6P2. The molecule has 1 N–H and O–H groups in total. The summed E-state index contributed by atoms with van der Waals surface area (Å²) >= 11 is 0. The van der Waals surface area contributed by atoms with Crippen molar-refractivity contribution in [1.82, 2.24) is 10.2 Å². The first-order valence-corrected chi connectivity index (χ1v) is 12.4. The first-order chi connectivity index (χ1) is 12.0. The highest BCUT2D eigenvalue weighted by Gasteiger charge is 2.50. The Balaban J connectivity index is 3.04. The zero-order valence-electron chi connectivity index (χ0n) is 15.9. The molecular weight excluding hydrogens is 366 g/mol. The third kappa shape index (κ3) is 7.04. The fraction of sp³-hybridized carbons (Fsp3) is 1.00. The Morgan fingerprint density at radius 2 is 1.24 bits per heavy atom. The maximum Gasteiger partial charge on any atom is 0.345 e. The number of hydrogen-bond acceptors (Lipinski definition) is 8. The summed E-state index contributed by atoms with van der Waals surface area (Å²) in [6.45, 7) is 12.1. The van der Waals surface area contributed by atoms with E-state index in [2.05, 4.69) is 10.2 Å². The molecule has 1 aliphatic rings. The summed E-state index contributed by atoms with van der Waals surface area (Å²) in [6.07, 6.45) is 0.370. The van der Waals surface area contributed by atoms with Gasteiger partial charge in [0.15, 0.2) is 5.40 Å². The van der Waals surface area contributed by atoms with Crippen molar-refractivity contribution < 1.29 is 27.2 Å². The lowest BCUT2D eigenvalue weighted by atomic mass is 10.3. The Bertz CT molecular complexity index is 409. The van der Waals surface area contributed by atoms with E-state index in [0.717, 1.165) is 26.2 Å². The van der Waals surface area contributed by atoms with Gasteiger partial charge in [0.05, 0.1) is 26.4 Å². The van der Waals surface area contributed by atoms with Crippen LogP contribution in [-0.4, -0.2) is 69.5 Å². The van der Waals surface area contributed by atoms with Crippen molar-refractivity contribution in [3.8, 4) is 0 Å². The molecule has 0 amide bonds. The molecule has 0 spiro atoms. The van der Waals surface area contributed by atoms with E-state index in [-0.39, 0.29) is 26.4 Å². The summed E-state index contributed by atoms with van der Waals surface area (Å²) in [5.41, 5.74) is 0. The van der Waals surface area contributed by atoms with Crippen LogP contribution in [0.3, 0.4) is 0 Å². The topological polar surface area (TPSA) is 86.3 Å². The lowest BCUT2D eigenvalue weighted by Crippen LogP contribution is -2.44. The van der Waals surface area contributed by atoms with Gasteiger partial charge in [-0.3, -0.25) is 9.13 Å². The monoisotopic (exact) mass is 400 g/mol. The van der Waals surface area contributed by atoms with Gasteiger partial charge in [-0.25, -0.2) is 0 Å². The fourth-order valence-electron chi connectivity index (χ4n) is 2.86. The molecule has 0 unspecified atom stereocenters. The van der Waals surface area contributed by atoms with Crippen LogP contribution in [0.2, 0.25) is 0 Å². The average Bonchev–Trinajstić information content (AvgIpc) is 2.56. The third-order valence-electron chi connectivity index (χ3n) is 3.88. The van der Waals surface area contributed by atoms with Crippen LogP contribution in [-0.2, 0) is 27.2 Å². The first-order valence-electron chi connectivity index (χ1n) is 9.16. The summed E-state index contributed by atoms with van der Waals surface area (Å²) < 4.78 is 48.7. The van der Waals surface area contributed by atoms with Gasteiger partial charge in [0.1, 0.15) is 0 Å². The molecule has 150 valence electrons. The minimum atomic E-state index is -3.63. The smallest absolute Gasteiger partial charge is 0.314 e. The summed E-state index contributed by atoms with van der Waals surface area (Å²) in [7, 11) is -7.27. The van der Waals surface area contributed by atoms with Crippen molar-refractivity contribution in [1.29, 1.82) is 0 Å². The molecule has 8 nitrogen and oxygen atoms in total. The molecule has 0 aromatic rings. The normalized spacial score (nSPS) is 17.3. The van der Waals surface area contributed by atoms with Crippen LogP contribution in [0.15, 0.2) is 0 Å². The second-order valence-corrected chi connectivity index (χ2v) is 10.5. The van der Waals surface area contributed by atoms with Gasteiger partial charge in [0.2, 0.25) is 0 Å². The molecule has 0 atom stereocenters. The molecule has 10 heteroatoms. The van der Waals surface area contributed by atoms with E-state index in [1.165, 1.54) is 0 Å². The van der Waals surface area contributed by atoms with Gasteiger partial charge in [-0.15, -0.1) is 0 Å². The molecule has 1 rings (SSSR count). The zero-order valence-corrected chi connectivity index (χ0v) is 17.7. The van der Waals surface area contributed by atoms with Crippen LogP contribution in [0, 0.1) is 0 Å². The van der Waals surface area contributed by atoms with Gasteiger partial charge < -0.3 is 28.3 Å². The molecule has 1 aliphatic heterocycles. The molecule has 0 aliphatic carbocycles. The summed E-state index contributed by atoms with van der Waals surface area (Å²) in [5, 5.41) is 2.37. The van der Waals surface area contributed by atoms with Crippen LogP contribution < -0.4 is 5.32 Å². The van der Waals surface area contributed by atoms with E-state index in [1.807, 2.05) is 0 Å². The molecule has 0 saturated carbocycles. The Labute approximate surface area is 152 Å². The molecule has 0 aromatic carbocycles. The third-order valence-corrected chi connectivity index (χ3v) is 10.0. The number of piperazine rings is 1. The van der Waals surface area contributed by atoms with E-state index in [0.29, 0.717) is 13.0 Å². The SMILES string of the molecule is CCOP(=O)(OCC)C(CCN1CCNCC1)P(=O)(OCC)OCC. The Morgan fingerprint density at radius 3 is 1.60 bits per heavy atom. The van der Waals surface area contributed by atoms with E-state index < -0.39 is 20.6 Å². The highest BCUT2D eigenvalue weighted by Crippen LogP contribution is 2.71. The van der Waals surface area contributed by atoms with E-state index in [9.17, 15) is 9.13 Å². The van der Waals surface area contributed by atoms with Gasteiger partial charge in [0, 0.05) is 26.2 Å². The van der Waals surface area contributed by atoms with Gasteiger partial charge in [-0.05, 0) is 40.7 Å². The van der Waals surface area contributed by atoms with Crippen molar-refractivity contribution in [3.05, 3.63) is 0 Å². The van der Waals surface area contributed by atoms with Crippen molar-refractivity contribution in [3.63, 3.8) is 0 Å². The van der Waals surface area contributed by atoms with Crippen molar-refractivity contribution in [2.24, 2.45) is 0 Å². The summed E-state index contributed by atoms with van der Waals surface area (Å²) in [5.74, 6) is 0. The lowest BCUT2D eigenvalue weighted by molar-refractivity contribution is 0.186. The lowest BCUT2D eigenvalue weighted by Gasteiger charge is -2.33. The minimum Gasteiger partial charge on any atom is -0.314 e. The second-order valence-electron chi connectivity index (χ2n) is 5.61.